The van der Waals surface area contributed by atoms with Crippen LogP contribution in [0.5, 0.6) is 5.88 Å². The van der Waals surface area contributed by atoms with Crippen LogP contribution in [-0.4, -0.2) is 23.5 Å². The topological polar surface area (TPSA) is 60.5 Å². The molecule has 0 amide bonds. The molecule has 82 valence electrons. The highest BCUT2D eigenvalue weighted by molar-refractivity contribution is 5.79. The van der Waals surface area contributed by atoms with Crippen molar-refractivity contribution < 1.29 is 9.26 Å². The van der Waals surface area contributed by atoms with E-state index in [2.05, 4.69) is 15.1 Å². The molecular formula is C11H11N3O2. The van der Waals surface area contributed by atoms with Gasteiger partial charge in [-0.1, -0.05) is 5.16 Å². The largest absolute Gasteiger partial charge is 0.481 e. The number of hydrogen-bond acceptors (Lipinski definition) is 5. The molecule has 0 aliphatic heterocycles. The molecule has 2 aromatic rings. The first-order valence-electron chi connectivity index (χ1n) is 4.75. The van der Waals surface area contributed by atoms with Crippen LogP contribution in [0.4, 0.5) is 5.69 Å². The molecule has 0 unspecified atom stereocenters. The first-order valence-corrected chi connectivity index (χ1v) is 4.75. The van der Waals surface area contributed by atoms with E-state index in [1.165, 1.54) is 0 Å². The van der Waals surface area contributed by atoms with Gasteiger partial charge in [-0.2, -0.15) is 0 Å². The van der Waals surface area contributed by atoms with E-state index >= 15 is 0 Å². The Morgan fingerprint density at radius 2 is 2.31 bits per heavy atom. The number of aromatic nitrogens is 2. The highest BCUT2D eigenvalue weighted by Gasteiger charge is 1.97. The minimum absolute atomic E-state index is 0.533. The molecule has 0 spiro atoms. The maximum atomic E-state index is 4.99. The van der Waals surface area contributed by atoms with Gasteiger partial charge in [0.2, 0.25) is 5.88 Å². The maximum absolute atomic E-state index is 4.99. The fourth-order valence-electron chi connectivity index (χ4n) is 1.18. The third kappa shape index (κ3) is 2.44. The summed E-state index contributed by atoms with van der Waals surface area (Å²) >= 11 is 0. The van der Waals surface area contributed by atoms with Gasteiger partial charge < -0.3 is 9.26 Å². The monoisotopic (exact) mass is 217 g/mol. The van der Waals surface area contributed by atoms with Gasteiger partial charge in [0, 0.05) is 18.3 Å². The second-order valence-electron chi connectivity index (χ2n) is 3.18. The fraction of sp³-hybridized carbons (Fsp3) is 0.182. The highest BCUT2D eigenvalue weighted by atomic mass is 16.5. The molecule has 2 rings (SSSR count). The van der Waals surface area contributed by atoms with Crippen molar-refractivity contribution in [2.24, 2.45) is 4.99 Å². The summed E-state index contributed by atoms with van der Waals surface area (Å²) in [6, 6.07) is 5.33. The van der Waals surface area contributed by atoms with E-state index in [1.807, 2.05) is 13.0 Å². The normalized spacial score (nSPS) is 10.9. The summed E-state index contributed by atoms with van der Waals surface area (Å²) in [5.74, 6) is 1.29. The predicted molar refractivity (Wildman–Crippen MR) is 59.3 cm³/mol. The van der Waals surface area contributed by atoms with Gasteiger partial charge in [0.25, 0.3) is 0 Å². The summed E-state index contributed by atoms with van der Waals surface area (Å²) in [6.07, 6.45) is 3.27. The number of aliphatic imine (C=N–C) groups is 1. The van der Waals surface area contributed by atoms with Crippen molar-refractivity contribution in [3.05, 3.63) is 35.9 Å². The van der Waals surface area contributed by atoms with Crippen LogP contribution in [0.25, 0.3) is 0 Å². The quantitative estimate of drug-likeness (QED) is 0.739. The lowest BCUT2D eigenvalue weighted by molar-refractivity contribution is 0.396. The van der Waals surface area contributed by atoms with Gasteiger partial charge in [-0.3, -0.25) is 4.99 Å². The van der Waals surface area contributed by atoms with E-state index in [-0.39, 0.29) is 0 Å². The molecule has 5 nitrogen and oxygen atoms in total. The number of pyridine rings is 1. The van der Waals surface area contributed by atoms with Crippen molar-refractivity contribution in [3.8, 4) is 5.88 Å². The average Bonchev–Trinajstić information content (AvgIpc) is 2.73. The Morgan fingerprint density at radius 3 is 3.00 bits per heavy atom. The van der Waals surface area contributed by atoms with Gasteiger partial charge in [0.1, 0.15) is 11.5 Å². The zero-order valence-electron chi connectivity index (χ0n) is 9.04. The summed E-state index contributed by atoms with van der Waals surface area (Å²) in [7, 11) is 1.57. The van der Waals surface area contributed by atoms with Gasteiger partial charge in [-0.05, 0) is 13.0 Å². The molecule has 0 N–H and O–H groups in total. The van der Waals surface area contributed by atoms with E-state index in [0.717, 1.165) is 11.4 Å². The van der Waals surface area contributed by atoms with E-state index in [1.54, 1.807) is 31.7 Å². The van der Waals surface area contributed by atoms with Crippen molar-refractivity contribution in [1.29, 1.82) is 0 Å². The van der Waals surface area contributed by atoms with Gasteiger partial charge >= 0.3 is 0 Å². The lowest BCUT2D eigenvalue weighted by Crippen LogP contribution is -1.85. The third-order valence-electron chi connectivity index (χ3n) is 1.92. The van der Waals surface area contributed by atoms with Crippen molar-refractivity contribution >= 4 is 11.9 Å². The van der Waals surface area contributed by atoms with E-state index in [0.29, 0.717) is 11.6 Å². The zero-order chi connectivity index (χ0) is 11.4. The van der Waals surface area contributed by atoms with Crippen LogP contribution in [0.1, 0.15) is 11.5 Å². The summed E-state index contributed by atoms with van der Waals surface area (Å²) < 4.78 is 9.91. The zero-order valence-corrected chi connectivity index (χ0v) is 9.04. The van der Waals surface area contributed by atoms with Crippen molar-refractivity contribution in [2.75, 3.05) is 7.11 Å². The molecule has 0 aliphatic carbocycles. The summed E-state index contributed by atoms with van der Waals surface area (Å²) in [4.78, 5) is 8.22. The molecule has 5 heteroatoms. The average molecular weight is 217 g/mol. The van der Waals surface area contributed by atoms with E-state index in [4.69, 9.17) is 9.26 Å². The molecule has 2 heterocycles. The van der Waals surface area contributed by atoms with Gasteiger partial charge in [-0.15, -0.1) is 0 Å². The Balaban J connectivity index is 2.16. The SMILES string of the molecule is COc1cc(/N=C/c2cc(C)on2)ccn1. The predicted octanol–water partition coefficient (Wildman–Crippen LogP) is 2.14. The fourth-order valence-corrected chi connectivity index (χ4v) is 1.18. The number of ether oxygens (including phenoxy) is 1. The number of nitrogens with zero attached hydrogens (tertiary/aromatic N) is 3. The minimum atomic E-state index is 0.533. The van der Waals surface area contributed by atoms with Crippen LogP contribution in [0.3, 0.4) is 0 Å². The Kier molecular flexibility index (Phi) is 2.95. The Bertz CT molecular complexity index is 505. The second-order valence-corrected chi connectivity index (χ2v) is 3.18. The van der Waals surface area contributed by atoms with Crippen molar-refractivity contribution in [2.45, 2.75) is 6.92 Å². The smallest absolute Gasteiger partial charge is 0.215 e. The minimum Gasteiger partial charge on any atom is -0.481 e. The lowest BCUT2D eigenvalue weighted by atomic mass is 10.4. The molecule has 0 aliphatic rings. The third-order valence-corrected chi connectivity index (χ3v) is 1.92. The molecule has 2 aromatic heterocycles. The van der Waals surface area contributed by atoms with Gasteiger partial charge in [0.15, 0.2) is 0 Å². The summed E-state index contributed by atoms with van der Waals surface area (Å²) in [5, 5.41) is 3.80. The Labute approximate surface area is 92.8 Å². The van der Waals surface area contributed by atoms with Crippen LogP contribution < -0.4 is 4.74 Å². The van der Waals surface area contributed by atoms with Gasteiger partial charge in [0.05, 0.1) is 19.0 Å². The standard InChI is InChI=1S/C11H11N3O2/c1-8-5-10(14-16-8)7-13-9-3-4-12-11(6-9)15-2/h3-7H,1-2H3/b13-7+. The molecule has 0 fully saturated rings. The van der Waals surface area contributed by atoms with Crippen molar-refractivity contribution in [3.63, 3.8) is 0 Å². The van der Waals surface area contributed by atoms with Crippen LogP contribution in [0.15, 0.2) is 33.9 Å². The van der Waals surface area contributed by atoms with Crippen LogP contribution in [0, 0.1) is 6.92 Å². The first kappa shape index (κ1) is 10.4. The van der Waals surface area contributed by atoms with Gasteiger partial charge in [-0.25, -0.2) is 4.98 Å². The second kappa shape index (κ2) is 4.57. The van der Waals surface area contributed by atoms with E-state index in [9.17, 15) is 0 Å². The number of hydrogen-bond donors (Lipinski definition) is 0. The Hall–Kier alpha value is -2.17. The number of methoxy groups -OCH3 is 1. The molecule has 0 saturated heterocycles. The molecule has 0 aromatic carbocycles. The molecule has 0 saturated carbocycles. The molecule has 0 radical (unpaired) electrons. The molecule has 0 bridgehead atoms. The summed E-state index contributed by atoms with van der Waals surface area (Å²) in [6.45, 7) is 1.83. The van der Waals surface area contributed by atoms with E-state index < -0.39 is 0 Å². The van der Waals surface area contributed by atoms with Crippen LogP contribution in [-0.2, 0) is 0 Å². The maximum Gasteiger partial charge on any atom is 0.215 e. The van der Waals surface area contributed by atoms with Crippen LogP contribution in [0.2, 0.25) is 0 Å². The first-order chi connectivity index (χ1) is 7.78. The Morgan fingerprint density at radius 1 is 1.44 bits per heavy atom. The summed E-state index contributed by atoms with van der Waals surface area (Å²) in [5.41, 5.74) is 1.45. The van der Waals surface area contributed by atoms with Crippen molar-refractivity contribution in [1.82, 2.24) is 10.1 Å². The highest BCUT2D eigenvalue weighted by Crippen LogP contribution is 2.16. The molecular weight excluding hydrogens is 206 g/mol. The number of aryl methyl sites for hydroxylation is 1. The van der Waals surface area contributed by atoms with Crippen LogP contribution >= 0.6 is 0 Å². The lowest BCUT2D eigenvalue weighted by Gasteiger charge is -1.97. The number of rotatable bonds is 3. The molecule has 0 atom stereocenters. The molecule has 16 heavy (non-hydrogen) atoms.